The molecule has 2 heterocycles. The molecule has 18 heavy (non-hydrogen) atoms. The molecule has 1 aliphatic rings. The van der Waals surface area contributed by atoms with Crippen LogP contribution in [0.3, 0.4) is 0 Å². The van der Waals surface area contributed by atoms with Gasteiger partial charge in [-0.15, -0.1) is 11.3 Å². The summed E-state index contributed by atoms with van der Waals surface area (Å²) in [6.07, 6.45) is 3.81. The van der Waals surface area contributed by atoms with Gasteiger partial charge in [0.25, 0.3) is 0 Å². The van der Waals surface area contributed by atoms with Gasteiger partial charge in [-0.05, 0) is 25.6 Å². The fourth-order valence-corrected chi connectivity index (χ4v) is 4.79. The molecule has 0 aromatic carbocycles. The van der Waals surface area contributed by atoms with Gasteiger partial charge in [-0.1, -0.05) is 20.8 Å². The van der Waals surface area contributed by atoms with Crippen LogP contribution in [-0.4, -0.2) is 29.1 Å². The first kappa shape index (κ1) is 14.4. The topological polar surface area (TPSA) is 24.9 Å². The Morgan fingerprint density at radius 2 is 2.28 bits per heavy atom. The molecule has 4 heteroatoms. The van der Waals surface area contributed by atoms with Gasteiger partial charge in [-0.25, -0.2) is 4.98 Å². The van der Waals surface area contributed by atoms with E-state index in [-0.39, 0.29) is 5.41 Å². The first-order chi connectivity index (χ1) is 8.50. The van der Waals surface area contributed by atoms with Crippen molar-refractivity contribution in [2.24, 2.45) is 0 Å². The highest BCUT2D eigenvalue weighted by molar-refractivity contribution is 8.00. The van der Waals surface area contributed by atoms with Gasteiger partial charge in [-0.2, -0.15) is 11.8 Å². The van der Waals surface area contributed by atoms with E-state index in [1.165, 1.54) is 29.3 Å². The highest BCUT2D eigenvalue weighted by atomic mass is 32.2. The summed E-state index contributed by atoms with van der Waals surface area (Å²) in [5, 5.41) is 7.77. The lowest BCUT2D eigenvalue weighted by molar-refractivity contribution is 0.518. The maximum absolute atomic E-state index is 4.81. The molecule has 2 rings (SSSR count). The van der Waals surface area contributed by atoms with Crippen LogP contribution in [0.25, 0.3) is 0 Å². The number of aromatic nitrogens is 1. The molecule has 2 atom stereocenters. The van der Waals surface area contributed by atoms with Crippen molar-refractivity contribution in [2.75, 3.05) is 12.8 Å². The molecule has 2 unspecified atom stereocenters. The minimum atomic E-state index is 0.173. The molecule has 1 aromatic heterocycles. The molecule has 0 bridgehead atoms. The second kappa shape index (κ2) is 5.93. The molecule has 0 saturated carbocycles. The van der Waals surface area contributed by atoms with Crippen molar-refractivity contribution in [1.82, 2.24) is 10.3 Å². The van der Waals surface area contributed by atoms with Crippen LogP contribution in [-0.2, 0) is 11.8 Å². The summed E-state index contributed by atoms with van der Waals surface area (Å²) in [5.74, 6) is 1.33. The Balaban J connectivity index is 2.01. The Bertz CT molecular complexity index is 375. The van der Waals surface area contributed by atoms with Crippen LogP contribution in [0, 0.1) is 0 Å². The summed E-state index contributed by atoms with van der Waals surface area (Å²) >= 11 is 3.94. The van der Waals surface area contributed by atoms with E-state index in [0.29, 0.717) is 6.04 Å². The third kappa shape index (κ3) is 3.49. The summed E-state index contributed by atoms with van der Waals surface area (Å²) < 4.78 is 0. The molecule has 102 valence electrons. The van der Waals surface area contributed by atoms with Crippen LogP contribution in [0.5, 0.6) is 0 Å². The van der Waals surface area contributed by atoms with Gasteiger partial charge in [0.05, 0.1) is 10.7 Å². The third-order valence-corrected chi connectivity index (χ3v) is 5.89. The van der Waals surface area contributed by atoms with Gasteiger partial charge in [-0.3, -0.25) is 0 Å². The summed E-state index contributed by atoms with van der Waals surface area (Å²) in [6, 6.07) is 0.580. The molecule has 0 aliphatic carbocycles. The average Bonchev–Trinajstić information content (AvgIpc) is 2.95. The Morgan fingerprint density at radius 1 is 1.50 bits per heavy atom. The predicted molar refractivity (Wildman–Crippen MR) is 82.8 cm³/mol. The number of rotatable bonds is 4. The SMILES string of the molecule is CNC(Cc1nc(C(C)(C)C)cs1)C1CCCS1. The lowest BCUT2D eigenvalue weighted by atomic mass is 9.93. The van der Waals surface area contributed by atoms with E-state index in [4.69, 9.17) is 4.98 Å². The normalized spacial score (nSPS) is 22.3. The quantitative estimate of drug-likeness (QED) is 0.916. The Labute approximate surface area is 119 Å². The number of thiazole rings is 1. The minimum Gasteiger partial charge on any atom is -0.315 e. The van der Waals surface area contributed by atoms with Crippen LogP contribution >= 0.6 is 23.1 Å². The number of hydrogen-bond donors (Lipinski definition) is 1. The zero-order valence-corrected chi connectivity index (χ0v) is 13.5. The fraction of sp³-hybridized carbons (Fsp3) is 0.786. The molecule has 1 saturated heterocycles. The van der Waals surface area contributed by atoms with Crippen molar-refractivity contribution in [3.63, 3.8) is 0 Å². The predicted octanol–water partition coefficient (Wildman–Crippen LogP) is 3.47. The molecule has 1 aromatic rings. The molecule has 1 aliphatic heterocycles. The molecule has 1 N–H and O–H groups in total. The van der Waals surface area contributed by atoms with Gasteiger partial charge in [0.2, 0.25) is 0 Å². The van der Waals surface area contributed by atoms with E-state index in [2.05, 4.69) is 50.3 Å². The largest absolute Gasteiger partial charge is 0.315 e. The summed E-state index contributed by atoms with van der Waals surface area (Å²) in [5.41, 5.74) is 1.41. The molecule has 0 radical (unpaired) electrons. The van der Waals surface area contributed by atoms with E-state index in [1.54, 1.807) is 0 Å². The van der Waals surface area contributed by atoms with E-state index in [1.807, 2.05) is 11.3 Å². The molecular weight excluding hydrogens is 260 g/mol. The van der Waals surface area contributed by atoms with Crippen molar-refractivity contribution in [2.45, 2.75) is 56.7 Å². The lowest BCUT2D eigenvalue weighted by Crippen LogP contribution is -2.36. The smallest absolute Gasteiger partial charge is 0.0944 e. The minimum absolute atomic E-state index is 0.173. The van der Waals surface area contributed by atoms with E-state index < -0.39 is 0 Å². The van der Waals surface area contributed by atoms with Crippen LogP contribution < -0.4 is 5.32 Å². The van der Waals surface area contributed by atoms with Gasteiger partial charge >= 0.3 is 0 Å². The van der Waals surface area contributed by atoms with Crippen molar-refractivity contribution in [3.05, 3.63) is 16.1 Å². The van der Waals surface area contributed by atoms with Gasteiger partial charge in [0.15, 0.2) is 0 Å². The molecule has 2 nitrogen and oxygen atoms in total. The van der Waals surface area contributed by atoms with Crippen LogP contribution in [0.1, 0.15) is 44.3 Å². The standard InChI is InChI=1S/C14H24N2S2/c1-14(2,3)12-9-18-13(16-12)8-10(15-4)11-6-5-7-17-11/h9-11,15H,5-8H2,1-4H3. The molecule has 0 spiro atoms. The van der Waals surface area contributed by atoms with E-state index in [0.717, 1.165) is 11.7 Å². The van der Waals surface area contributed by atoms with Crippen molar-refractivity contribution in [1.29, 1.82) is 0 Å². The highest BCUT2D eigenvalue weighted by Crippen LogP contribution is 2.31. The Kier molecular flexibility index (Phi) is 4.73. The molecule has 0 amide bonds. The number of likely N-dealkylation sites (N-methyl/N-ethyl adjacent to an activating group) is 1. The average molecular weight is 284 g/mol. The van der Waals surface area contributed by atoms with Gasteiger partial charge in [0.1, 0.15) is 0 Å². The van der Waals surface area contributed by atoms with Crippen molar-refractivity contribution >= 4 is 23.1 Å². The van der Waals surface area contributed by atoms with Gasteiger partial charge < -0.3 is 5.32 Å². The van der Waals surface area contributed by atoms with Gasteiger partial charge in [0, 0.05) is 28.5 Å². The fourth-order valence-electron chi connectivity index (χ4n) is 2.28. The zero-order chi connectivity index (χ0) is 13.2. The monoisotopic (exact) mass is 284 g/mol. The number of nitrogens with zero attached hydrogens (tertiary/aromatic N) is 1. The van der Waals surface area contributed by atoms with E-state index in [9.17, 15) is 0 Å². The van der Waals surface area contributed by atoms with Crippen molar-refractivity contribution < 1.29 is 0 Å². The highest BCUT2D eigenvalue weighted by Gasteiger charge is 2.26. The molecule has 1 fully saturated rings. The first-order valence-electron chi connectivity index (χ1n) is 6.74. The number of thioether (sulfide) groups is 1. The van der Waals surface area contributed by atoms with Crippen molar-refractivity contribution in [3.8, 4) is 0 Å². The lowest BCUT2D eigenvalue weighted by Gasteiger charge is -2.21. The maximum Gasteiger partial charge on any atom is 0.0944 e. The Hall–Kier alpha value is -0.0600. The number of hydrogen-bond acceptors (Lipinski definition) is 4. The second-order valence-corrected chi connectivity index (χ2v) is 8.32. The van der Waals surface area contributed by atoms with Crippen LogP contribution in [0.15, 0.2) is 5.38 Å². The van der Waals surface area contributed by atoms with E-state index >= 15 is 0 Å². The molecular formula is C14H24N2S2. The first-order valence-corrected chi connectivity index (χ1v) is 8.67. The number of nitrogens with one attached hydrogen (secondary N) is 1. The third-order valence-electron chi connectivity index (χ3n) is 3.50. The van der Waals surface area contributed by atoms with Crippen LogP contribution in [0.2, 0.25) is 0 Å². The Morgan fingerprint density at radius 3 is 2.78 bits per heavy atom. The zero-order valence-electron chi connectivity index (χ0n) is 11.8. The maximum atomic E-state index is 4.81. The second-order valence-electron chi connectivity index (χ2n) is 6.03. The summed E-state index contributed by atoms with van der Waals surface area (Å²) in [6.45, 7) is 6.69. The summed E-state index contributed by atoms with van der Waals surface area (Å²) in [7, 11) is 2.09. The summed E-state index contributed by atoms with van der Waals surface area (Å²) in [4.78, 5) is 4.81. The van der Waals surface area contributed by atoms with Crippen LogP contribution in [0.4, 0.5) is 0 Å².